The molecule has 0 saturated heterocycles. The van der Waals surface area contributed by atoms with E-state index in [0.29, 0.717) is 24.9 Å². The Hall–Kier alpha value is -3.20. The van der Waals surface area contributed by atoms with E-state index < -0.39 is 0 Å². The van der Waals surface area contributed by atoms with E-state index in [4.69, 9.17) is 5.26 Å². The first-order valence-electron chi connectivity index (χ1n) is 8.94. The summed E-state index contributed by atoms with van der Waals surface area (Å²) >= 11 is 0. The van der Waals surface area contributed by atoms with E-state index in [0.717, 1.165) is 33.9 Å². The highest BCUT2D eigenvalue weighted by atomic mass is 16.2. The lowest BCUT2D eigenvalue weighted by Gasteiger charge is -2.18. The number of aryl methyl sites for hydroxylation is 3. The molecule has 0 atom stereocenters. The lowest BCUT2D eigenvalue weighted by atomic mass is 10.1. The molecule has 2 heterocycles. The minimum Gasteiger partial charge on any atom is -0.341 e. The number of amides is 1. The van der Waals surface area contributed by atoms with Gasteiger partial charge >= 0.3 is 0 Å². The van der Waals surface area contributed by atoms with Crippen molar-refractivity contribution in [3.8, 4) is 6.07 Å². The molecule has 0 fully saturated rings. The number of carbonyl (C=O) groups is 1. The average molecular weight is 361 g/mol. The number of hydrogen-bond acceptors (Lipinski definition) is 4. The second kappa shape index (κ2) is 7.58. The van der Waals surface area contributed by atoms with E-state index in [1.165, 1.54) is 0 Å². The van der Waals surface area contributed by atoms with Gasteiger partial charge in [0, 0.05) is 37.5 Å². The summed E-state index contributed by atoms with van der Waals surface area (Å²) in [5.74, 6) is 0.0629. The Labute approximate surface area is 159 Å². The van der Waals surface area contributed by atoms with Gasteiger partial charge in [-0.25, -0.2) is 9.50 Å². The molecule has 3 rings (SSSR count). The largest absolute Gasteiger partial charge is 0.341 e. The minimum absolute atomic E-state index is 0.0629. The van der Waals surface area contributed by atoms with Gasteiger partial charge < -0.3 is 4.90 Å². The highest BCUT2D eigenvalue weighted by molar-refractivity contribution is 5.76. The van der Waals surface area contributed by atoms with Crippen LogP contribution in [0.3, 0.4) is 0 Å². The highest BCUT2D eigenvalue weighted by Crippen LogP contribution is 2.18. The van der Waals surface area contributed by atoms with Crippen molar-refractivity contribution in [1.29, 1.82) is 5.26 Å². The molecule has 2 aromatic heterocycles. The second-order valence-electron chi connectivity index (χ2n) is 6.88. The molecule has 0 spiro atoms. The molecule has 0 N–H and O–H groups in total. The molecule has 138 valence electrons. The number of carbonyl (C=O) groups excluding carboxylic acids is 1. The highest BCUT2D eigenvalue weighted by Gasteiger charge is 2.15. The van der Waals surface area contributed by atoms with E-state index in [-0.39, 0.29) is 5.91 Å². The SMILES string of the molecule is Cc1cc2nc(C)c(CCC(=O)N(C)Cc3cccc(C#N)c3)c(C)n2n1. The van der Waals surface area contributed by atoms with E-state index in [2.05, 4.69) is 16.2 Å². The van der Waals surface area contributed by atoms with Gasteiger partial charge in [-0.15, -0.1) is 0 Å². The topological polar surface area (TPSA) is 74.3 Å². The summed E-state index contributed by atoms with van der Waals surface area (Å²) < 4.78 is 1.85. The van der Waals surface area contributed by atoms with Crippen LogP contribution in [0.5, 0.6) is 0 Å². The first-order chi connectivity index (χ1) is 12.9. The summed E-state index contributed by atoms with van der Waals surface area (Å²) in [5, 5.41) is 13.5. The fourth-order valence-corrected chi connectivity index (χ4v) is 3.33. The maximum absolute atomic E-state index is 12.6. The van der Waals surface area contributed by atoms with Crippen LogP contribution in [0, 0.1) is 32.1 Å². The summed E-state index contributed by atoms with van der Waals surface area (Å²) in [5.41, 5.74) is 6.36. The van der Waals surface area contributed by atoms with Crippen LogP contribution in [-0.2, 0) is 17.8 Å². The van der Waals surface area contributed by atoms with Gasteiger partial charge in [-0.1, -0.05) is 12.1 Å². The van der Waals surface area contributed by atoms with E-state index in [1.807, 2.05) is 49.6 Å². The molecule has 0 radical (unpaired) electrons. The van der Waals surface area contributed by atoms with Gasteiger partial charge in [0.1, 0.15) is 0 Å². The predicted octanol–water partition coefficient (Wildman–Crippen LogP) is 3.12. The van der Waals surface area contributed by atoms with E-state index >= 15 is 0 Å². The third kappa shape index (κ3) is 3.98. The Morgan fingerprint density at radius 1 is 1.26 bits per heavy atom. The Morgan fingerprint density at radius 2 is 2.04 bits per heavy atom. The number of rotatable bonds is 5. The number of aromatic nitrogens is 3. The molecule has 1 amide bonds. The first-order valence-corrected chi connectivity index (χ1v) is 8.94. The molecule has 6 nitrogen and oxygen atoms in total. The van der Waals surface area contributed by atoms with Crippen molar-refractivity contribution < 1.29 is 4.79 Å². The zero-order chi connectivity index (χ0) is 19.6. The Balaban J connectivity index is 1.70. The van der Waals surface area contributed by atoms with Crippen molar-refractivity contribution in [1.82, 2.24) is 19.5 Å². The van der Waals surface area contributed by atoms with Gasteiger partial charge in [0.05, 0.1) is 17.3 Å². The van der Waals surface area contributed by atoms with Crippen LogP contribution in [0.1, 0.15) is 40.2 Å². The van der Waals surface area contributed by atoms with Crippen molar-refractivity contribution in [3.63, 3.8) is 0 Å². The second-order valence-corrected chi connectivity index (χ2v) is 6.88. The molecule has 0 aliphatic rings. The summed E-state index contributed by atoms with van der Waals surface area (Å²) in [4.78, 5) is 18.9. The molecule has 27 heavy (non-hydrogen) atoms. The van der Waals surface area contributed by atoms with Crippen LogP contribution in [-0.4, -0.2) is 32.5 Å². The molecule has 0 aliphatic carbocycles. The summed E-state index contributed by atoms with van der Waals surface area (Å²) in [6.07, 6.45) is 1.03. The van der Waals surface area contributed by atoms with Gasteiger partial charge in [-0.2, -0.15) is 10.4 Å². The number of hydrogen-bond donors (Lipinski definition) is 0. The number of nitriles is 1. The van der Waals surface area contributed by atoms with Gasteiger partial charge in [0.2, 0.25) is 5.91 Å². The van der Waals surface area contributed by atoms with Crippen molar-refractivity contribution in [2.45, 2.75) is 40.2 Å². The molecule has 1 aromatic carbocycles. The molecule has 0 aliphatic heterocycles. The third-order valence-electron chi connectivity index (χ3n) is 4.78. The summed E-state index contributed by atoms with van der Waals surface area (Å²) in [6, 6.07) is 11.4. The lowest BCUT2D eigenvalue weighted by molar-refractivity contribution is -0.130. The van der Waals surface area contributed by atoms with E-state index in [9.17, 15) is 4.79 Å². The van der Waals surface area contributed by atoms with Gasteiger partial charge in [-0.3, -0.25) is 4.79 Å². The van der Waals surface area contributed by atoms with Gasteiger partial charge in [-0.05, 0) is 50.5 Å². The third-order valence-corrected chi connectivity index (χ3v) is 4.78. The van der Waals surface area contributed by atoms with Gasteiger partial charge in [0.25, 0.3) is 0 Å². The van der Waals surface area contributed by atoms with Crippen molar-refractivity contribution in [3.05, 3.63) is 64.1 Å². The minimum atomic E-state index is 0.0629. The fourth-order valence-electron chi connectivity index (χ4n) is 3.33. The quantitative estimate of drug-likeness (QED) is 0.700. The normalized spacial score (nSPS) is 10.8. The number of nitrogens with zero attached hydrogens (tertiary/aromatic N) is 5. The lowest BCUT2D eigenvalue weighted by Crippen LogP contribution is -2.26. The van der Waals surface area contributed by atoms with Crippen LogP contribution in [0.4, 0.5) is 0 Å². The van der Waals surface area contributed by atoms with Crippen LogP contribution in [0.2, 0.25) is 0 Å². The van der Waals surface area contributed by atoms with Crippen LogP contribution in [0.25, 0.3) is 5.65 Å². The Morgan fingerprint density at radius 3 is 2.78 bits per heavy atom. The monoisotopic (exact) mass is 361 g/mol. The average Bonchev–Trinajstić information content (AvgIpc) is 3.01. The Kier molecular flexibility index (Phi) is 5.22. The number of fused-ring (bicyclic) bond motifs is 1. The Bertz CT molecular complexity index is 1040. The van der Waals surface area contributed by atoms with Crippen LogP contribution < -0.4 is 0 Å². The van der Waals surface area contributed by atoms with Crippen LogP contribution >= 0.6 is 0 Å². The summed E-state index contributed by atoms with van der Waals surface area (Å²) in [6.45, 7) is 6.43. The maximum Gasteiger partial charge on any atom is 0.222 e. The maximum atomic E-state index is 12.6. The predicted molar refractivity (Wildman–Crippen MR) is 103 cm³/mol. The standard InChI is InChI=1S/C21H23N5O/c1-14-10-20-23-15(2)19(16(3)26(20)24-14)8-9-21(27)25(4)13-18-7-5-6-17(11-18)12-22/h5-7,10-11H,8-9,13H2,1-4H3. The molecule has 6 heteroatoms. The van der Waals surface area contributed by atoms with Crippen molar-refractivity contribution in [2.75, 3.05) is 7.05 Å². The molecule has 0 saturated carbocycles. The fraction of sp³-hybridized carbons (Fsp3) is 0.333. The molecular weight excluding hydrogens is 338 g/mol. The smallest absolute Gasteiger partial charge is 0.222 e. The van der Waals surface area contributed by atoms with E-state index in [1.54, 1.807) is 18.0 Å². The first kappa shape index (κ1) is 18.6. The van der Waals surface area contributed by atoms with Gasteiger partial charge in [0.15, 0.2) is 5.65 Å². The van der Waals surface area contributed by atoms with Crippen molar-refractivity contribution >= 4 is 11.6 Å². The zero-order valence-electron chi connectivity index (χ0n) is 16.2. The number of benzene rings is 1. The zero-order valence-corrected chi connectivity index (χ0v) is 16.2. The molecule has 0 bridgehead atoms. The molecule has 0 unspecified atom stereocenters. The van der Waals surface area contributed by atoms with Crippen LogP contribution in [0.15, 0.2) is 30.3 Å². The summed E-state index contributed by atoms with van der Waals surface area (Å²) in [7, 11) is 1.79. The molecule has 3 aromatic rings. The van der Waals surface area contributed by atoms with Crippen molar-refractivity contribution in [2.24, 2.45) is 0 Å². The molecular formula is C21H23N5O.